The Morgan fingerprint density at radius 3 is 2.07 bits per heavy atom. The molecule has 1 rings (SSSR count). The van der Waals surface area contributed by atoms with Crippen molar-refractivity contribution >= 4 is 13.9 Å². The van der Waals surface area contributed by atoms with Gasteiger partial charge in [0.15, 0.2) is 0 Å². The molecule has 0 heterocycles. The summed E-state index contributed by atoms with van der Waals surface area (Å²) in [5.74, 6) is 3.35. The van der Waals surface area contributed by atoms with Crippen LogP contribution < -0.4 is 0 Å². The fourth-order valence-corrected chi connectivity index (χ4v) is 2.39. The van der Waals surface area contributed by atoms with E-state index in [2.05, 4.69) is 31.1 Å². The fourth-order valence-electron chi connectivity index (χ4n) is 1.89. The first-order valence-corrected chi connectivity index (χ1v) is 9.56. The number of hydrogen-bond donors (Lipinski definition) is 0. The first-order chi connectivity index (χ1) is 6.99. The van der Waals surface area contributed by atoms with Crippen molar-refractivity contribution < 1.29 is 4.79 Å². The molecule has 1 nitrogen and oxygen atoms in total. The van der Waals surface area contributed by atoms with Gasteiger partial charge in [0, 0.05) is 5.92 Å². The SMILES string of the molecule is C[Si](C)(C)C#CC(=O)C1CCCCCC1. The molecule has 0 unspecified atom stereocenters. The largest absolute Gasteiger partial charge is 0.285 e. The van der Waals surface area contributed by atoms with E-state index in [-0.39, 0.29) is 11.7 Å². The van der Waals surface area contributed by atoms with Crippen LogP contribution in [0.15, 0.2) is 0 Å². The van der Waals surface area contributed by atoms with E-state index in [0.29, 0.717) is 0 Å². The summed E-state index contributed by atoms with van der Waals surface area (Å²) in [6.45, 7) is 6.54. The number of carbonyl (C=O) groups excluding carboxylic acids is 1. The van der Waals surface area contributed by atoms with Crippen molar-refractivity contribution in [3.8, 4) is 11.5 Å². The van der Waals surface area contributed by atoms with Crippen molar-refractivity contribution in [2.45, 2.75) is 58.2 Å². The van der Waals surface area contributed by atoms with Crippen molar-refractivity contribution in [3.63, 3.8) is 0 Å². The summed E-state index contributed by atoms with van der Waals surface area (Å²) in [6.07, 6.45) is 7.16. The molecule has 2 heteroatoms. The van der Waals surface area contributed by atoms with Crippen molar-refractivity contribution in [1.29, 1.82) is 0 Å². The first-order valence-electron chi connectivity index (χ1n) is 6.06. The van der Waals surface area contributed by atoms with Crippen LogP contribution in [0.1, 0.15) is 38.5 Å². The molecular weight excluding hydrogens is 200 g/mol. The molecule has 15 heavy (non-hydrogen) atoms. The maximum Gasteiger partial charge on any atom is 0.207 e. The van der Waals surface area contributed by atoms with Crippen molar-refractivity contribution in [1.82, 2.24) is 0 Å². The van der Waals surface area contributed by atoms with Crippen LogP contribution in [0.2, 0.25) is 19.6 Å². The van der Waals surface area contributed by atoms with Gasteiger partial charge >= 0.3 is 0 Å². The quantitative estimate of drug-likeness (QED) is 0.377. The Morgan fingerprint density at radius 1 is 1.07 bits per heavy atom. The zero-order valence-electron chi connectivity index (χ0n) is 10.2. The predicted octanol–water partition coefficient (Wildman–Crippen LogP) is 3.41. The third kappa shape index (κ3) is 5.18. The topological polar surface area (TPSA) is 17.1 Å². The Bertz CT molecular complexity index is 269. The highest BCUT2D eigenvalue weighted by Crippen LogP contribution is 2.23. The number of carbonyl (C=O) groups is 1. The molecule has 0 saturated heterocycles. The van der Waals surface area contributed by atoms with Gasteiger partial charge in [0.25, 0.3) is 0 Å². The van der Waals surface area contributed by atoms with Crippen LogP contribution in [0, 0.1) is 17.4 Å². The van der Waals surface area contributed by atoms with E-state index < -0.39 is 8.07 Å². The van der Waals surface area contributed by atoms with Crippen LogP contribution >= 0.6 is 0 Å². The van der Waals surface area contributed by atoms with E-state index in [1.165, 1.54) is 25.7 Å². The smallest absolute Gasteiger partial charge is 0.207 e. The summed E-state index contributed by atoms with van der Waals surface area (Å²) < 4.78 is 0. The van der Waals surface area contributed by atoms with Gasteiger partial charge in [-0.3, -0.25) is 4.79 Å². The number of hydrogen-bond acceptors (Lipinski definition) is 1. The van der Waals surface area contributed by atoms with E-state index in [9.17, 15) is 4.79 Å². The Hall–Kier alpha value is -0.553. The van der Waals surface area contributed by atoms with Gasteiger partial charge in [-0.2, -0.15) is 0 Å². The molecule has 0 amide bonds. The Balaban J connectivity index is 2.54. The van der Waals surface area contributed by atoms with Crippen molar-refractivity contribution in [2.24, 2.45) is 5.92 Å². The summed E-state index contributed by atoms with van der Waals surface area (Å²) in [7, 11) is -1.38. The molecule has 0 aromatic heterocycles. The second kappa shape index (κ2) is 5.51. The third-order valence-corrected chi connectivity index (χ3v) is 3.66. The van der Waals surface area contributed by atoms with Crippen LogP contribution in [0.3, 0.4) is 0 Å². The summed E-state index contributed by atoms with van der Waals surface area (Å²) >= 11 is 0. The lowest BCUT2D eigenvalue weighted by molar-refractivity contribution is -0.117. The fraction of sp³-hybridized carbons (Fsp3) is 0.769. The van der Waals surface area contributed by atoms with Gasteiger partial charge in [-0.05, 0) is 18.8 Å². The van der Waals surface area contributed by atoms with Crippen LogP contribution in [-0.4, -0.2) is 13.9 Å². The standard InChI is InChI=1S/C13H22OSi/c1-15(2,3)11-10-13(14)12-8-6-4-5-7-9-12/h12H,4-9H2,1-3H3. The molecule has 1 aliphatic rings. The molecule has 0 aromatic rings. The minimum Gasteiger partial charge on any atom is -0.285 e. The predicted molar refractivity (Wildman–Crippen MR) is 67.3 cm³/mol. The van der Waals surface area contributed by atoms with Crippen LogP contribution in [-0.2, 0) is 4.79 Å². The van der Waals surface area contributed by atoms with Crippen LogP contribution in [0.25, 0.3) is 0 Å². The Kier molecular flexibility index (Phi) is 4.60. The highest BCUT2D eigenvalue weighted by atomic mass is 28.3. The highest BCUT2D eigenvalue weighted by Gasteiger charge is 2.18. The van der Waals surface area contributed by atoms with E-state index >= 15 is 0 Å². The molecule has 1 saturated carbocycles. The van der Waals surface area contributed by atoms with Crippen LogP contribution in [0.4, 0.5) is 0 Å². The van der Waals surface area contributed by atoms with E-state index in [0.717, 1.165) is 12.8 Å². The maximum atomic E-state index is 11.8. The van der Waals surface area contributed by atoms with Gasteiger partial charge in [-0.15, -0.1) is 5.54 Å². The zero-order chi connectivity index (χ0) is 11.3. The summed E-state index contributed by atoms with van der Waals surface area (Å²) in [4.78, 5) is 11.8. The van der Waals surface area contributed by atoms with Gasteiger partial charge < -0.3 is 0 Å². The Labute approximate surface area is 94.7 Å². The average Bonchev–Trinajstić information content (AvgIpc) is 2.41. The zero-order valence-corrected chi connectivity index (χ0v) is 11.2. The number of rotatable bonds is 1. The molecule has 0 N–H and O–H groups in total. The molecular formula is C13H22OSi. The van der Waals surface area contributed by atoms with E-state index in [4.69, 9.17) is 0 Å². The van der Waals surface area contributed by atoms with Gasteiger partial charge in [-0.25, -0.2) is 0 Å². The molecule has 0 aromatic carbocycles. The van der Waals surface area contributed by atoms with Gasteiger partial charge in [0.2, 0.25) is 5.78 Å². The molecule has 1 aliphatic carbocycles. The molecule has 1 fully saturated rings. The first kappa shape index (κ1) is 12.5. The van der Waals surface area contributed by atoms with E-state index in [1.54, 1.807) is 0 Å². The van der Waals surface area contributed by atoms with Gasteiger partial charge in [-0.1, -0.05) is 45.3 Å². The average molecular weight is 222 g/mol. The number of Topliss-reactive ketones (excluding diaryl/α,β-unsaturated/α-hetero) is 1. The Morgan fingerprint density at radius 2 is 1.60 bits per heavy atom. The molecule has 84 valence electrons. The summed E-state index contributed by atoms with van der Waals surface area (Å²) in [5, 5.41) is 0. The third-order valence-electron chi connectivity index (χ3n) is 2.79. The van der Waals surface area contributed by atoms with Gasteiger partial charge in [0.05, 0.1) is 0 Å². The second-order valence-corrected chi connectivity index (χ2v) is 10.3. The van der Waals surface area contributed by atoms with Crippen molar-refractivity contribution in [3.05, 3.63) is 0 Å². The monoisotopic (exact) mass is 222 g/mol. The van der Waals surface area contributed by atoms with Crippen molar-refractivity contribution in [2.75, 3.05) is 0 Å². The summed E-state index contributed by atoms with van der Waals surface area (Å²) in [5.41, 5.74) is 3.18. The second-order valence-electron chi connectivity index (χ2n) is 5.55. The van der Waals surface area contributed by atoms with Crippen LogP contribution in [0.5, 0.6) is 0 Å². The lowest BCUT2D eigenvalue weighted by atomic mass is 9.96. The lowest BCUT2D eigenvalue weighted by Gasteiger charge is -2.08. The molecule has 0 aliphatic heterocycles. The minimum atomic E-state index is -1.38. The summed E-state index contributed by atoms with van der Waals surface area (Å²) in [6, 6.07) is 0. The number of ketones is 1. The minimum absolute atomic E-state index is 0.208. The maximum absolute atomic E-state index is 11.8. The molecule has 0 radical (unpaired) electrons. The molecule has 0 bridgehead atoms. The lowest BCUT2D eigenvalue weighted by Crippen LogP contribution is -2.18. The van der Waals surface area contributed by atoms with E-state index in [1.807, 2.05) is 0 Å². The highest BCUT2D eigenvalue weighted by molar-refractivity contribution is 6.84. The molecule has 0 atom stereocenters. The molecule has 0 spiro atoms. The normalized spacial score (nSPS) is 18.9. The van der Waals surface area contributed by atoms with Gasteiger partial charge in [0.1, 0.15) is 8.07 Å².